The minimum atomic E-state index is -3.28. The maximum absolute atomic E-state index is 11.8. The van der Waals surface area contributed by atoms with Crippen LogP contribution in [0.5, 0.6) is 0 Å². The molecule has 1 saturated heterocycles. The molecule has 1 aliphatic heterocycles. The fraction of sp³-hybridized carbons (Fsp3) is 1.00. The Morgan fingerprint density at radius 2 is 1.87 bits per heavy atom. The van der Waals surface area contributed by atoms with Crippen LogP contribution in [0, 0.1) is 5.41 Å². The van der Waals surface area contributed by atoms with Gasteiger partial charge in [-0.3, -0.25) is 0 Å². The van der Waals surface area contributed by atoms with Gasteiger partial charge in [0.25, 0.3) is 10.2 Å². The molecule has 90 valence electrons. The predicted molar refractivity (Wildman–Crippen MR) is 62.2 cm³/mol. The van der Waals surface area contributed by atoms with Crippen molar-refractivity contribution in [1.29, 1.82) is 0 Å². The van der Waals surface area contributed by atoms with Crippen molar-refractivity contribution in [3.8, 4) is 0 Å². The number of rotatable bonds is 5. The lowest BCUT2D eigenvalue weighted by Crippen LogP contribution is -2.43. The van der Waals surface area contributed by atoms with Crippen LogP contribution in [0.1, 0.15) is 26.7 Å². The van der Waals surface area contributed by atoms with Crippen molar-refractivity contribution in [3.05, 3.63) is 0 Å². The Kier molecular flexibility index (Phi) is 4.40. The summed E-state index contributed by atoms with van der Waals surface area (Å²) in [5.74, 6) is 0.440. The van der Waals surface area contributed by atoms with Gasteiger partial charge in [-0.25, -0.2) is 4.72 Å². The van der Waals surface area contributed by atoms with E-state index in [1.54, 1.807) is 0 Å². The van der Waals surface area contributed by atoms with Crippen molar-refractivity contribution < 1.29 is 8.42 Å². The van der Waals surface area contributed by atoms with Crippen molar-refractivity contribution in [1.82, 2.24) is 9.03 Å². The molecule has 0 aliphatic carbocycles. The van der Waals surface area contributed by atoms with E-state index in [9.17, 15) is 8.42 Å². The molecule has 0 aromatic rings. The monoisotopic (exact) mass is 254 g/mol. The summed E-state index contributed by atoms with van der Waals surface area (Å²) in [6, 6.07) is 0. The molecule has 0 aromatic heterocycles. The van der Waals surface area contributed by atoms with E-state index in [1.165, 1.54) is 4.31 Å². The van der Waals surface area contributed by atoms with E-state index < -0.39 is 10.2 Å². The minimum absolute atomic E-state index is 0.200. The molecule has 1 fully saturated rings. The SMILES string of the molecule is CC(C)(CCl)CNS(=O)(=O)N1CCCC1. The lowest BCUT2D eigenvalue weighted by Gasteiger charge is -2.24. The molecule has 0 radical (unpaired) electrons. The van der Waals surface area contributed by atoms with Crippen LogP contribution in [0.25, 0.3) is 0 Å². The van der Waals surface area contributed by atoms with E-state index in [2.05, 4.69) is 4.72 Å². The average Bonchev–Trinajstić information content (AvgIpc) is 2.69. The number of nitrogens with one attached hydrogen (secondary N) is 1. The number of hydrogen-bond donors (Lipinski definition) is 1. The first-order chi connectivity index (χ1) is 6.87. The molecule has 4 nitrogen and oxygen atoms in total. The average molecular weight is 255 g/mol. The summed E-state index contributed by atoms with van der Waals surface area (Å²) >= 11 is 5.73. The van der Waals surface area contributed by atoms with Gasteiger partial charge in [0, 0.05) is 25.5 Å². The smallest absolute Gasteiger partial charge is 0.202 e. The van der Waals surface area contributed by atoms with Crippen molar-refractivity contribution in [2.75, 3.05) is 25.5 Å². The minimum Gasteiger partial charge on any atom is -0.202 e. The van der Waals surface area contributed by atoms with Gasteiger partial charge in [-0.15, -0.1) is 11.6 Å². The van der Waals surface area contributed by atoms with Crippen LogP contribution >= 0.6 is 11.6 Å². The molecule has 0 spiro atoms. The van der Waals surface area contributed by atoms with Crippen molar-refractivity contribution >= 4 is 21.8 Å². The van der Waals surface area contributed by atoms with E-state index in [0.717, 1.165) is 12.8 Å². The van der Waals surface area contributed by atoms with Crippen LogP contribution in [0.15, 0.2) is 0 Å². The Morgan fingerprint density at radius 3 is 2.33 bits per heavy atom. The number of hydrogen-bond acceptors (Lipinski definition) is 2. The second-order valence-electron chi connectivity index (χ2n) is 4.73. The zero-order chi connectivity index (χ0) is 11.5. The standard InChI is InChI=1S/C9H19ClN2O2S/c1-9(2,7-10)8-11-15(13,14)12-5-3-4-6-12/h11H,3-8H2,1-2H3. The molecular formula is C9H19ClN2O2S. The lowest BCUT2D eigenvalue weighted by molar-refractivity contribution is 0.398. The molecule has 0 unspecified atom stereocenters. The van der Waals surface area contributed by atoms with Crippen LogP contribution in [0.2, 0.25) is 0 Å². The van der Waals surface area contributed by atoms with Gasteiger partial charge in [0.15, 0.2) is 0 Å². The van der Waals surface area contributed by atoms with Gasteiger partial charge >= 0.3 is 0 Å². The maximum atomic E-state index is 11.8. The molecule has 0 atom stereocenters. The highest BCUT2D eigenvalue weighted by atomic mass is 35.5. The van der Waals surface area contributed by atoms with Crippen molar-refractivity contribution in [3.63, 3.8) is 0 Å². The molecule has 0 saturated carbocycles. The molecular weight excluding hydrogens is 236 g/mol. The Morgan fingerprint density at radius 1 is 1.33 bits per heavy atom. The first-order valence-electron chi connectivity index (χ1n) is 5.18. The Balaban J connectivity index is 2.50. The predicted octanol–water partition coefficient (Wildman–Crippen LogP) is 1.18. The van der Waals surface area contributed by atoms with E-state index in [4.69, 9.17) is 11.6 Å². The molecule has 6 heteroatoms. The summed E-state index contributed by atoms with van der Waals surface area (Å²) in [4.78, 5) is 0. The van der Waals surface area contributed by atoms with Crippen molar-refractivity contribution in [2.24, 2.45) is 5.41 Å². The fourth-order valence-corrected chi connectivity index (χ4v) is 2.94. The van der Waals surface area contributed by atoms with Crippen LogP contribution in [0.3, 0.4) is 0 Å². The van der Waals surface area contributed by atoms with E-state index in [-0.39, 0.29) is 5.41 Å². The highest BCUT2D eigenvalue weighted by Crippen LogP contribution is 2.17. The van der Waals surface area contributed by atoms with E-state index in [0.29, 0.717) is 25.5 Å². The molecule has 0 amide bonds. The van der Waals surface area contributed by atoms with Gasteiger partial charge in [-0.05, 0) is 18.3 Å². The van der Waals surface area contributed by atoms with Crippen LogP contribution in [-0.2, 0) is 10.2 Å². The lowest BCUT2D eigenvalue weighted by atomic mass is 9.97. The Labute approximate surface area is 97.2 Å². The quantitative estimate of drug-likeness (QED) is 0.749. The molecule has 0 bridgehead atoms. The second kappa shape index (κ2) is 4.99. The molecule has 1 N–H and O–H groups in total. The first kappa shape index (κ1) is 13.2. The van der Waals surface area contributed by atoms with Gasteiger partial charge in [-0.2, -0.15) is 12.7 Å². The third kappa shape index (κ3) is 3.90. The van der Waals surface area contributed by atoms with Gasteiger partial charge in [0.2, 0.25) is 0 Å². The number of nitrogens with zero attached hydrogens (tertiary/aromatic N) is 1. The molecule has 0 aromatic carbocycles. The highest BCUT2D eigenvalue weighted by Gasteiger charge is 2.27. The summed E-state index contributed by atoms with van der Waals surface area (Å²) in [7, 11) is -3.28. The Hall–Kier alpha value is 0.160. The first-order valence-corrected chi connectivity index (χ1v) is 7.15. The zero-order valence-electron chi connectivity index (χ0n) is 9.29. The van der Waals surface area contributed by atoms with Crippen LogP contribution < -0.4 is 4.72 Å². The maximum Gasteiger partial charge on any atom is 0.279 e. The molecule has 1 rings (SSSR count). The summed E-state index contributed by atoms with van der Waals surface area (Å²) in [6.45, 7) is 5.53. The summed E-state index contributed by atoms with van der Waals surface area (Å²) in [5.41, 5.74) is -0.200. The molecule has 15 heavy (non-hydrogen) atoms. The Bertz CT molecular complexity index is 297. The van der Waals surface area contributed by atoms with Crippen LogP contribution in [0.4, 0.5) is 0 Å². The van der Waals surface area contributed by atoms with Crippen LogP contribution in [-0.4, -0.2) is 38.2 Å². The summed E-state index contributed by atoms with van der Waals surface area (Å²) in [5, 5.41) is 0. The number of alkyl halides is 1. The third-order valence-corrected chi connectivity index (χ3v) is 4.78. The van der Waals surface area contributed by atoms with Gasteiger partial charge in [-0.1, -0.05) is 13.8 Å². The topological polar surface area (TPSA) is 49.4 Å². The summed E-state index contributed by atoms with van der Waals surface area (Å²) in [6.07, 6.45) is 1.92. The number of halogens is 1. The second-order valence-corrected chi connectivity index (χ2v) is 6.75. The zero-order valence-corrected chi connectivity index (χ0v) is 10.9. The van der Waals surface area contributed by atoms with E-state index in [1.807, 2.05) is 13.8 Å². The fourth-order valence-electron chi connectivity index (χ4n) is 1.35. The highest BCUT2D eigenvalue weighted by molar-refractivity contribution is 7.87. The largest absolute Gasteiger partial charge is 0.279 e. The van der Waals surface area contributed by atoms with E-state index >= 15 is 0 Å². The van der Waals surface area contributed by atoms with Gasteiger partial charge < -0.3 is 0 Å². The molecule has 1 heterocycles. The van der Waals surface area contributed by atoms with Gasteiger partial charge in [0.05, 0.1) is 0 Å². The summed E-state index contributed by atoms with van der Waals surface area (Å²) < 4.78 is 27.6. The van der Waals surface area contributed by atoms with Gasteiger partial charge in [0.1, 0.15) is 0 Å². The third-order valence-electron chi connectivity index (χ3n) is 2.50. The van der Waals surface area contributed by atoms with Crippen molar-refractivity contribution in [2.45, 2.75) is 26.7 Å². The molecule has 1 aliphatic rings. The normalized spacial score (nSPS) is 19.7.